The maximum Gasteiger partial charge on any atom is 0.277 e. The number of carbonyl (C=O) groups is 1. The van der Waals surface area contributed by atoms with Crippen LogP contribution in [-0.2, 0) is 19.6 Å². The number of nitrogens with zero attached hydrogens (tertiary/aromatic N) is 4. The monoisotopic (exact) mass is 449 g/mol. The number of oxazole rings is 1. The molecule has 0 unspecified atom stereocenters. The molecule has 0 aliphatic rings. The second-order valence-corrected chi connectivity index (χ2v) is 7.60. The van der Waals surface area contributed by atoms with E-state index in [2.05, 4.69) is 20.6 Å². The highest BCUT2D eigenvalue weighted by Gasteiger charge is 2.14. The van der Waals surface area contributed by atoms with E-state index in [1.807, 2.05) is 35.1 Å². The maximum atomic E-state index is 13.2. The Bertz CT molecular complexity index is 1190. The molecule has 1 amide bonds. The number of unbranched alkanes of at least 4 members (excludes halogenated alkanes) is 1. The lowest BCUT2D eigenvalue weighted by Crippen LogP contribution is -2.13. The van der Waals surface area contributed by atoms with Gasteiger partial charge in [-0.1, -0.05) is 17.3 Å². The lowest BCUT2D eigenvalue weighted by molar-refractivity contribution is 0.102. The second kappa shape index (κ2) is 10.5. The molecule has 0 spiro atoms. The number of carbonyl (C=O) groups excluding carboxylic acids is 1. The summed E-state index contributed by atoms with van der Waals surface area (Å²) < 4.78 is 26.1. The molecule has 2 aromatic heterocycles. The molecule has 9 heteroatoms. The predicted octanol–water partition coefficient (Wildman–Crippen LogP) is 4.57. The van der Waals surface area contributed by atoms with Gasteiger partial charge < -0.3 is 14.5 Å². The van der Waals surface area contributed by atoms with Crippen LogP contribution in [0.25, 0.3) is 0 Å². The number of aryl methyl sites for hydroxylation is 3. The first kappa shape index (κ1) is 22.2. The maximum absolute atomic E-state index is 13.2. The van der Waals surface area contributed by atoms with E-state index in [1.54, 1.807) is 13.1 Å². The summed E-state index contributed by atoms with van der Waals surface area (Å²) in [5.74, 6) is 0.177. The van der Waals surface area contributed by atoms with Crippen molar-refractivity contribution in [3.63, 3.8) is 0 Å². The van der Waals surface area contributed by atoms with Crippen LogP contribution in [0.4, 0.5) is 10.1 Å². The van der Waals surface area contributed by atoms with Gasteiger partial charge in [-0.05, 0) is 67.6 Å². The quantitative estimate of drug-likeness (QED) is 0.357. The average Bonchev–Trinajstić information content (AvgIpc) is 3.50. The van der Waals surface area contributed by atoms with Crippen molar-refractivity contribution in [1.82, 2.24) is 20.0 Å². The van der Waals surface area contributed by atoms with Crippen molar-refractivity contribution >= 4 is 11.6 Å². The van der Waals surface area contributed by atoms with Crippen LogP contribution in [0.2, 0.25) is 0 Å². The number of nitrogens with one attached hydrogen (secondary N) is 1. The average molecular weight is 449 g/mol. The molecule has 2 heterocycles. The van der Waals surface area contributed by atoms with Gasteiger partial charge in [-0.25, -0.2) is 9.37 Å². The Morgan fingerprint density at radius 1 is 1.18 bits per heavy atom. The van der Waals surface area contributed by atoms with Gasteiger partial charge in [0.25, 0.3) is 5.91 Å². The number of benzene rings is 2. The van der Waals surface area contributed by atoms with Gasteiger partial charge in [-0.3, -0.25) is 9.48 Å². The van der Waals surface area contributed by atoms with Crippen molar-refractivity contribution in [2.75, 3.05) is 5.32 Å². The summed E-state index contributed by atoms with van der Waals surface area (Å²) in [6, 6.07) is 12.0. The van der Waals surface area contributed by atoms with Crippen molar-refractivity contribution < 1.29 is 18.3 Å². The highest BCUT2D eigenvalue weighted by atomic mass is 19.1. The largest absolute Gasteiger partial charge is 0.484 e. The van der Waals surface area contributed by atoms with E-state index in [9.17, 15) is 9.18 Å². The molecular weight excluding hydrogens is 425 g/mol. The molecule has 0 aliphatic carbocycles. The molecule has 0 aliphatic heterocycles. The fraction of sp³-hybridized carbons (Fsp3) is 0.250. The summed E-state index contributed by atoms with van der Waals surface area (Å²) in [6.45, 7) is 2.67. The number of aromatic nitrogens is 4. The van der Waals surface area contributed by atoms with E-state index in [0.717, 1.165) is 25.8 Å². The smallest absolute Gasteiger partial charge is 0.277 e. The van der Waals surface area contributed by atoms with Gasteiger partial charge in [0.2, 0.25) is 5.89 Å². The van der Waals surface area contributed by atoms with Crippen LogP contribution < -0.4 is 10.1 Å². The van der Waals surface area contributed by atoms with E-state index in [-0.39, 0.29) is 24.0 Å². The third-order valence-electron chi connectivity index (χ3n) is 5.08. The van der Waals surface area contributed by atoms with Crippen LogP contribution in [0.5, 0.6) is 5.75 Å². The lowest BCUT2D eigenvalue weighted by atomic mass is 10.1. The van der Waals surface area contributed by atoms with Gasteiger partial charge in [0, 0.05) is 18.4 Å². The Balaban J connectivity index is 1.22. The summed E-state index contributed by atoms with van der Waals surface area (Å²) >= 11 is 0. The summed E-state index contributed by atoms with van der Waals surface area (Å²) in [7, 11) is 0. The Hall–Kier alpha value is -4.01. The van der Waals surface area contributed by atoms with Crippen molar-refractivity contribution in [2.24, 2.45) is 0 Å². The van der Waals surface area contributed by atoms with E-state index < -0.39 is 5.91 Å². The molecule has 0 saturated heterocycles. The van der Waals surface area contributed by atoms with Crippen LogP contribution in [0.15, 0.2) is 65.5 Å². The highest BCUT2D eigenvalue weighted by molar-refractivity contribution is 6.03. The Morgan fingerprint density at radius 3 is 2.79 bits per heavy atom. The molecule has 170 valence electrons. The van der Waals surface area contributed by atoms with Crippen molar-refractivity contribution in [2.45, 2.75) is 39.3 Å². The molecule has 0 atom stereocenters. The second-order valence-electron chi connectivity index (χ2n) is 7.60. The van der Waals surface area contributed by atoms with Gasteiger partial charge in [-0.2, -0.15) is 0 Å². The summed E-state index contributed by atoms with van der Waals surface area (Å²) in [5.41, 5.74) is 2.49. The highest BCUT2D eigenvalue weighted by Crippen LogP contribution is 2.18. The first-order chi connectivity index (χ1) is 16.1. The minimum Gasteiger partial charge on any atom is -0.484 e. The molecular formula is C24H24FN5O3. The summed E-state index contributed by atoms with van der Waals surface area (Å²) in [4.78, 5) is 16.5. The van der Waals surface area contributed by atoms with Gasteiger partial charge in [0.05, 0.1) is 6.20 Å². The van der Waals surface area contributed by atoms with E-state index in [0.29, 0.717) is 17.0 Å². The molecule has 8 nitrogen and oxygen atoms in total. The minimum absolute atomic E-state index is 0.0973. The van der Waals surface area contributed by atoms with Gasteiger partial charge in [-0.15, -0.1) is 5.10 Å². The zero-order valence-electron chi connectivity index (χ0n) is 18.2. The molecule has 4 rings (SSSR count). The fourth-order valence-electron chi connectivity index (χ4n) is 3.29. The molecule has 2 aromatic carbocycles. The molecule has 33 heavy (non-hydrogen) atoms. The number of halogens is 1. The van der Waals surface area contributed by atoms with Crippen LogP contribution >= 0.6 is 0 Å². The SMILES string of the molecule is Cc1cc(F)ccc1NC(=O)c1coc(COc2ccc(CCCCn3ccnn3)cc2)n1. The molecule has 0 saturated carbocycles. The number of rotatable bonds is 10. The number of ether oxygens (including phenoxy) is 1. The molecule has 0 fully saturated rings. The molecule has 0 radical (unpaired) electrons. The zero-order valence-corrected chi connectivity index (χ0v) is 18.2. The van der Waals surface area contributed by atoms with E-state index in [4.69, 9.17) is 9.15 Å². The standard InChI is InChI=1S/C24H24FN5O3/c1-17-14-19(25)7-10-21(17)28-24(31)22-15-33-23(27-22)16-32-20-8-5-18(6-9-20)4-2-3-12-30-13-11-26-29-30/h5-11,13-15H,2-4,12,16H2,1H3,(H,28,31). The Morgan fingerprint density at radius 2 is 2.03 bits per heavy atom. The Kier molecular flexibility index (Phi) is 7.09. The van der Waals surface area contributed by atoms with Crippen LogP contribution in [-0.4, -0.2) is 25.9 Å². The van der Waals surface area contributed by atoms with Crippen molar-refractivity contribution in [3.05, 3.63) is 89.7 Å². The zero-order chi connectivity index (χ0) is 23.0. The van der Waals surface area contributed by atoms with Gasteiger partial charge >= 0.3 is 0 Å². The van der Waals surface area contributed by atoms with E-state index >= 15 is 0 Å². The molecule has 1 N–H and O–H groups in total. The van der Waals surface area contributed by atoms with Crippen LogP contribution in [0, 0.1) is 12.7 Å². The minimum atomic E-state index is -0.437. The van der Waals surface area contributed by atoms with Crippen LogP contribution in [0.3, 0.4) is 0 Å². The van der Waals surface area contributed by atoms with Crippen molar-refractivity contribution in [3.8, 4) is 5.75 Å². The molecule has 4 aromatic rings. The number of hydrogen-bond acceptors (Lipinski definition) is 6. The first-order valence-corrected chi connectivity index (χ1v) is 10.6. The third-order valence-corrected chi connectivity index (χ3v) is 5.08. The van der Waals surface area contributed by atoms with Gasteiger partial charge in [0.15, 0.2) is 12.3 Å². The Labute approximate surface area is 190 Å². The van der Waals surface area contributed by atoms with Gasteiger partial charge in [0.1, 0.15) is 17.8 Å². The van der Waals surface area contributed by atoms with E-state index in [1.165, 1.54) is 30.0 Å². The third kappa shape index (κ3) is 6.25. The number of amides is 1. The normalized spacial score (nSPS) is 10.8. The summed E-state index contributed by atoms with van der Waals surface area (Å²) in [6.07, 6.45) is 7.88. The topological polar surface area (TPSA) is 95.1 Å². The summed E-state index contributed by atoms with van der Waals surface area (Å²) in [5, 5.41) is 10.5. The number of hydrogen-bond donors (Lipinski definition) is 1. The fourth-order valence-corrected chi connectivity index (χ4v) is 3.29. The predicted molar refractivity (Wildman–Crippen MR) is 119 cm³/mol. The first-order valence-electron chi connectivity index (χ1n) is 10.6. The molecule has 0 bridgehead atoms. The van der Waals surface area contributed by atoms with Crippen LogP contribution in [0.1, 0.15) is 40.3 Å². The number of anilines is 1. The van der Waals surface area contributed by atoms with Crippen molar-refractivity contribution in [1.29, 1.82) is 0 Å². The lowest BCUT2D eigenvalue weighted by Gasteiger charge is -2.06.